The predicted molar refractivity (Wildman–Crippen MR) is 111 cm³/mol. The maximum atomic E-state index is 13.4. The van der Waals surface area contributed by atoms with Crippen LogP contribution < -0.4 is 9.47 Å². The van der Waals surface area contributed by atoms with Crippen molar-refractivity contribution >= 4 is 29.3 Å². The fourth-order valence-electron chi connectivity index (χ4n) is 3.35. The largest absolute Gasteiger partial charge is 0.497 e. The number of amides is 1. The van der Waals surface area contributed by atoms with E-state index in [2.05, 4.69) is 0 Å². The lowest BCUT2D eigenvalue weighted by Crippen LogP contribution is -2.50. The van der Waals surface area contributed by atoms with E-state index in [1.807, 2.05) is 0 Å². The molecule has 30 heavy (non-hydrogen) atoms. The SMILES string of the molecule is CCOC(=O)C1N(C(=O)c2cc(OC)cc(OC)c2)C(=S)OC1(C)c1ccc(C)o1. The first-order chi connectivity index (χ1) is 14.2. The fraction of sp³-hybridized carbons (Fsp3) is 0.381. The minimum absolute atomic E-state index is 0.129. The number of methoxy groups -OCH3 is 2. The highest BCUT2D eigenvalue weighted by Crippen LogP contribution is 2.41. The third kappa shape index (κ3) is 3.72. The average Bonchev–Trinajstić information content (AvgIpc) is 3.28. The highest BCUT2D eigenvalue weighted by Gasteiger charge is 2.59. The molecule has 0 saturated carbocycles. The second-order valence-electron chi connectivity index (χ2n) is 6.82. The van der Waals surface area contributed by atoms with E-state index in [1.165, 1.54) is 26.4 Å². The molecular weight excluding hydrogens is 410 g/mol. The minimum Gasteiger partial charge on any atom is -0.497 e. The number of furan rings is 1. The first-order valence-corrected chi connectivity index (χ1v) is 9.69. The Labute approximate surface area is 179 Å². The lowest BCUT2D eigenvalue weighted by Gasteiger charge is -2.28. The smallest absolute Gasteiger partial charge is 0.334 e. The molecule has 1 aliphatic heterocycles. The van der Waals surface area contributed by atoms with Gasteiger partial charge in [0.1, 0.15) is 23.0 Å². The first-order valence-electron chi connectivity index (χ1n) is 9.28. The summed E-state index contributed by atoms with van der Waals surface area (Å²) < 4.78 is 27.3. The van der Waals surface area contributed by atoms with E-state index in [-0.39, 0.29) is 17.3 Å². The number of hydrogen-bond donors (Lipinski definition) is 0. The van der Waals surface area contributed by atoms with Crippen LogP contribution in [-0.4, -0.2) is 48.8 Å². The van der Waals surface area contributed by atoms with Crippen LogP contribution in [0.4, 0.5) is 0 Å². The van der Waals surface area contributed by atoms with Crippen LogP contribution in [0, 0.1) is 6.92 Å². The molecule has 2 aromatic rings. The summed E-state index contributed by atoms with van der Waals surface area (Å²) in [5.74, 6) is 0.616. The lowest BCUT2D eigenvalue weighted by atomic mass is 9.93. The van der Waals surface area contributed by atoms with Gasteiger partial charge in [0.05, 0.1) is 20.8 Å². The summed E-state index contributed by atoms with van der Waals surface area (Å²) in [4.78, 5) is 27.5. The van der Waals surface area contributed by atoms with Crippen molar-refractivity contribution in [1.29, 1.82) is 0 Å². The van der Waals surface area contributed by atoms with E-state index in [1.54, 1.807) is 39.0 Å². The topological polar surface area (TPSA) is 87.4 Å². The molecule has 2 atom stereocenters. The molecule has 3 rings (SSSR count). The van der Waals surface area contributed by atoms with E-state index >= 15 is 0 Å². The standard InChI is InChI=1S/C21H23NO7S/c1-6-27-19(24)17-21(3,16-8-7-12(2)28-16)29-20(30)22(17)18(23)13-9-14(25-4)11-15(10-13)26-5/h7-11,17H,6H2,1-5H3. The van der Waals surface area contributed by atoms with Crippen molar-refractivity contribution in [1.82, 2.24) is 4.90 Å². The van der Waals surface area contributed by atoms with Gasteiger partial charge in [0, 0.05) is 11.6 Å². The Morgan fingerprint density at radius 1 is 1.17 bits per heavy atom. The van der Waals surface area contributed by atoms with Crippen molar-refractivity contribution < 1.29 is 33.0 Å². The second kappa shape index (κ2) is 8.35. The summed E-state index contributed by atoms with van der Waals surface area (Å²) in [6, 6.07) is 6.94. The predicted octanol–water partition coefficient (Wildman–Crippen LogP) is 3.21. The van der Waals surface area contributed by atoms with Crippen LogP contribution in [0.2, 0.25) is 0 Å². The number of aryl methyl sites for hydroxylation is 1. The number of rotatable bonds is 6. The molecule has 0 radical (unpaired) electrons. The van der Waals surface area contributed by atoms with Gasteiger partial charge in [-0.3, -0.25) is 4.79 Å². The summed E-state index contributed by atoms with van der Waals surface area (Å²) in [6.07, 6.45) is 0. The van der Waals surface area contributed by atoms with Crippen molar-refractivity contribution in [2.45, 2.75) is 32.4 Å². The molecule has 1 aromatic carbocycles. The van der Waals surface area contributed by atoms with Crippen LogP contribution >= 0.6 is 12.2 Å². The van der Waals surface area contributed by atoms with Crippen LogP contribution in [-0.2, 0) is 19.9 Å². The Morgan fingerprint density at radius 3 is 2.30 bits per heavy atom. The first kappa shape index (κ1) is 21.6. The van der Waals surface area contributed by atoms with Crippen molar-refractivity contribution in [3.05, 3.63) is 47.4 Å². The maximum Gasteiger partial charge on any atom is 0.334 e. The lowest BCUT2D eigenvalue weighted by molar-refractivity contribution is -0.152. The molecule has 0 bridgehead atoms. The summed E-state index contributed by atoms with van der Waals surface area (Å²) in [7, 11) is 2.95. The van der Waals surface area contributed by atoms with Crippen LogP contribution in [0.3, 0.4) is 0 Å². The second-order valence-corrected chi connectivity index (χ2v) is 7.17. The van der Waals surface area contributed by atoms with Crippen molar-refractivity contribution in [2.24, 2.45) is 0 Å². The van der Waals surface area contributed by atoms with Gasteiger partial charge in [0.15, 0.2) is 11.6 Å². The third-order valence-corrected chi connectivity index (χ3v) is 5.11. The molecule has 1 amide bonds. The monoisotopic (exact) mass is 433 g/mol. The van der Waals surface area contributed by atoms with Crippen LogP contribution in [0.25, 0.3) is 0 Å². The van der Waals surface area contributed by atoms with Gasteiger partial charge in [-0.2, -0.15) is 0 Å². The van der Waals surface area contributed by atoms with Crippen LogP contribution in [0.15, 0.2) is 34.7 Å². The fourth-order valence-corrected chi connectivity index (χ4v) is 3.71. The third-order valence-electron chi connectivity index (χ3n) is 4.83. The van der Waals surface area contributed by atoms with Gasteiger partial charge in [0.25, 0.3) is 11.1 Å². The molecule has 2 heterocycles. The molecule has 0 aliphatic carbocycles. The van der Waals surface area contributed by atoms with Crippen molar-refractivity contribution in [3.8, 4) is 11.5 Å². The van der Waals surface area contributed by atoms with E-state index < -0.39 is 23.5 Å². The molecule has 2 unspecified atom stereocenters. The molecule has 1 saturated heterocycles. The number of benzene rings is 1. The number of carbonyl (C=O) groups is 2. The zero-order valence-corrected chi connectivity index (χ0v) is 18.2. The van der Waals surface area contributed by atoms with Gasteiger partial charge in [-0.1, -0.05) is 0 Å². The number of thiocarbonyl (C=S) groups is 1. The Bertz CT molecular complexity index is 963. The zero-order valence-electron chi connectivity index (χ0n) is 17.4. The van der Waals surface area contributed by atoms with E-state index in [9.17, 15) is 9.59 Å². The molecule has 9 heteroatoms. The number of nitrogens with zero attached hydrogens (tertiary/aromatic N) is 1. The minimum atomic E-state index is -1.35. The highest BCUT2D eigenvalue weighted by atomic mass is 32.1. The number of esters is 1. The van der Waals surface area contributed by atoms with E-state index in [4.69, 9.17) is 35.6 Å². The van der Waals surface area contributed by atoms with Gasteiger partial charge < -0.3 is 23.4 Å². The van der Waals surface area contributed by atoms with Crippen molar-refractivity contribution in [2.75, 3.05) is 20.8 Å². The molecular formula is C21H23NO7S. The van der Waals surface area contributed by atoms with Gasteiger partial charge in [-0.25, -0.2) is 9.69 Å². The summed E-state index contributed by atoms with van der Waals surface area (Å²) in [5.41, 5.74) is -1.14. The van der Waals surface area contributed by atoms with Gasteiger partial charge in [-0.05, 0) is 57.3 Å². The molecule has 0 spiro atoms. The quantitative estimate of drug-likeness (QED) is 0.507. The van der Waals surface area contributed by atoms with Crippen molar-refractivity contribution in [3.63, 3.8) is 0 Å². The Morgan fingerprint density at radius 2 is 1.80 bits per heavy atom. The van der Waals surface area contributed by atoms with Crippen LogP contribution in [0.1, 0.15) is 35.7 Å². The Balaban J connectivity index is 2.09. The molecule has 160 valence electrons. The normalized spacial score (nSPS) is 20.6. The molecule has 0 N–H and O–H groups in total. The Kier molecular flexibility index (Phi) is 6.02. The molecule has 1 aromatic heterocycles. The molecule has 1 aliphatic rings. The molecule has 1 fully saturated rings. The van der Waals surface area contributed by atoms with E-state index in [0.717, 1.165) is 4.90 Å². The molecule has 8 nitrogen and oxygen atoms in total. The number of ether oxygens (including phenoxy) is 4. The van der Waals surface area contributed by atoms with Crippen LogP contribution in [0.5, 0.6) is 11.5 Å². The highest BCUT2D eigenvalue weighted by molar-refractivity contribution is 7.80. The summed E-state index contributed by atoms with van der Waals surface area (Å²) in [5, 5.41) is -0.156. The van der Waals surface area contributed by atoms with Gasteiger partial charge in [0.2, 0.25) is 0 Å². The Hall–Kier alpha value is -3.07. The number of carbonyl (C=O) groups excluding carboxylic acids is 2. The van der Waals surface area contributed by atoms with Gasteiger partial charge in [-0.15, -0.1) is 0 Å². The summed E-state index contributed by atoms with van der Waals surface area (Å²) in [6.45, 7) is 5.22. The average molecular weight is 433 g/mol. The number of hydrogen-bond acceptors (Lipinski definition) is 8. The van der Waals surface area contributed by atoms with E-state index in [0.29, 0.717) is 23.0 Å². The zero-order chi connectivity index (χ0) is 22.1. The maximum absolute atomic E-state index is 13.4. The van der Waals surface area contributed by atoms with Gasteiger partial charge >= 0.3 is 5.97 Å². The summed E-state index contributed by atoms with van der Waals surface area (Å²) >= 11 is 5.35.